The lowest BCUT2D eigenvalue weighted by molar-refractivity contribution is -0.124. The van der Waals surface area contributed by atoms with Gasteiger partial charge in [-0.3, -0.25) is 14.3 Å². The number of hydrogen-bond acceptors (Lipinski definition) is 4. The second kappa shape index (κ2) is 8.64. The number of nitrogens with one attached hydrogen (secondary N) is 1. The summed E-state index contributed by atoms with van der Waals surface area (Å²) in [5.41, 5.74) is 2.62. The molecule has 6 nitrogen and oxygen atoms in total. The molecule has 0 bridgehead atoms. The summed E-state index contributed by atoms with van der Waals surface area (Å²) in [5.74, 6) is -0.551. The second-order valence-electron chi connectivity index (χ2n) is 6.15. The molecule has 2 aromatic rings. The molecule has 0 saturated carbocycles. The maximum absolute atomic E-state index is 13.2. The summed E-state index contributed by atoms with van der Waals surface area (Å²) in [6.45, 7) is 4.26. The molecule has 2 rings (SSSR count). The number of hydroxylamine groups is 1. The quantitative estimate of drug-likeness (QED) is 0.443. The van der Waals surface area contributed by atoms with Gasteiger partial charge < -0.3 is 0 Å². The van der Waals surface area contributed by atoms with Crippen LogP contribution in [0, 0.1) is 5.92 Å². The zero-order chi connectivity index (χ0) is 19.2. The van der Waals surface area contributed by atoms with Gasteiger partial charge in [-0.15, -0.1) is 0 Å². The SMILES string of the molecule is CC(C)CN(c1ccccc1)S(=O)(=O)c1cccc(/C=C/C(=O)NO)c1. The van der Waals surface area contributed by atoms with E-state index >= 15 is 0 Å². The van der Waals surface area contributed by atoms with Crippen molar-refractivity contribution < 1.29 is 18.4 Å². The van der Waals surface area contributed by atoms with Gasteiger partial charge in [-0.05, 0) is 41.8 Å². The number of carbonyl (C=O) groups excluding carboxylic acids is 1. The zero-order valence-electron chi connectivity index (χ0n) is 14.7. The molecule has 0 fully saturated rings. The Labute approximate surface area is 153 Å². The molecule has 0 aliphatic heterocycles. The number of anilines is 1. The van der Waals surface area contributed by atoms with Crippen LogP contribution in [0.3, 0.4) is 0 Å². The highest BCUT2D eigenvalue weighted by molar-refractivity contribution is 7.92. The van der Waals surface area contributed by atoms with Crippen LogP contribution in [0.4, 0.5) is 5.69 Å². The topological polar surface area (TPSA) is 86.7 Å². The molecule has 0 saturated heterocycles. The predicted octanol–water partition coefficient (Wildman–Crippen LogP) is 3.06. The molecule has 0 spiro atoms. The molecule has 0 aromatic heterocycles. The van der Waals surface area contributed by atoms with Gasteiger partial charge in [0.2, 0.25) is 0 Å². The third-order valence-corrected chi connectivity index (χ3v) is 5.35. The van der Waals surface area contributed by atoms with Crippen molar-refractivity contribution in [1.29, 1.82) is 0 Å². The first-order valence-corrected chi connectivity index (χ1v) is 9.58. The Kier molecular flexibility index (Phi) is 6.54. The third kappa shape index (κ3) is 4.93. The Morgan fingerprint density at radius 1 is 1.15 bits per heavy atom. The average molecular weight is 374 g/mol. The Bertz CT molecular complexity index is 877. The predicted molar refractivity (Wildman–Crippen MR) is 101 cm³/mol. The van der Waals surface area contributed by atoms with E-state index in [4.69, 9.17) is 5.21 Å². The number of nitrogens with zero attached hydrogens (tertiary/aromatic N) is 1. The fourth-order valence-electron chi connectivity index (χ4n) is 2.38. The van der Waals surface area contributed by atoms with E-state index in [0.29, 0.717) is 17.8 Å². The van der Waals surface area contributed by atoms with Gasteiger partial charge >= 0.3 is 0 Å². The molecule has 0 aliphatic rings. The molecule has 0 atom stereocenters. The first kappa shape index (κ1) is 19.7. The minimum absolute atomic E-state index is 0.133. The Balaban J connectivity index is 2.43. The minimum atomic E-state index is -3.77. The highest BCUT2D eigenvalue weighted by atomic mass is 32.2. The maximum atomic E-state index is 13.2. The highest BCUT2D eigenvalue weighted by Crippen LogP contribution is 2.25. The van der Waals surface area contributed by atoms with Crippen molar-refractivity contribution in [2.24, 2.45) is 5.92 Å². The number of carbonyl (C=O) groups is 1. The summed E-state index contributed by atoms with van der Waals surface area (Å²) in [7, 11) is -3.77. The number of rotatable bonds is 7. The van der Waals surface area contributed by atoms with Gasteiger partial charge in [-0.25, -0.2) is 13.9 Å². The molecule has 2 N–H and O–H groups in total. The summed E-state index contributed by atoms with van der Waals surface area (Å²) in [6.07, 6.45) is 2.55. The molecular weight excluding hydrogens is 352 g/mol. The van der Waals surface area contributed by atoms with E-state index in [2.05, 4.69) is 0 Å². The highest BCUT2D eigenvalue weighted by Gasteiger charge is 2.25. The summed E-state index contributed by atoms with van der Waals surface area (Å²) in [5, 5.41) is 8.53. The molecular formula is C19H22N2O4S. The number of hydrogen-bond donors (Lipinski definition) is 2. The fraction of sp³-hybridized carbons (Fsp3) is 0.211. The van der Waals surface area contributed by atoms with Gasteiger partial charge in [0.05, 0.1) is 10.6 Å². The smallest absolute Gasteiger partial charge is 0.267 e. The third-order valence-electron chi connectivity index (χ3n) is 3.56. The van der Waals surface area contributed by atoms with Crippen LogP contribution in [0.2, 0.25) is 0 Å². The lowest BCUT2D eigenvalue weighted by atomic mass is 10.2. The Hall–Kier alpha value is -2.64. The lowest BCUT2D eigenvalue weighted by Crippen LogP contribution is -2.34. The Morgan fingerprint density at radius 2 is 1.85 bits per heavy atom. The van der Waals surface area contributed by atoms with Crippen LogP contribution in [-0.4, -0.2) is 26.1 Å². The lowest BCUT2D eigenvalue weighted by Gasteiger charge is -2.26. The summed E-state index contributed by atoms with van der Waals surface area (Å²) in [4.78, 5) is 11.2. The normalized spacial score (nSPS) is 11.7. The molecule has 0 unspecified atom stereocenters. The van der Waals surface area contributed by atoms with E-state index in [1.165, 1.54) is 28.0 Å². The maximum Gasteiger partial charge on any atom is 0.267 e. The largest absolute Gasteiger partial charge is 0.288 e. The van der Waals surface area contributed by atoms with Crippen LogP contribution >= 0.6 is 0 Å². The van der Waals surface area contributed by atoms with Crippen LogP contribution in [-0.2, 0) is 14.8 Å². The summed E-state index contributed by atoms with van der Waals surface area (Å²) in [6, 6.07) is 15.3. The number of benzene rings is 2. The zero-order valence-corrected chi connectivity index (χ0v) is 15.5. The van der Waals surface area contributed by atoms with Crippen LogP contribution in [0.15, 0.2) is 65.6 Å². The van der Waals surface area contributed by atoms with Crippen molar-refractivity contribution in [3.05, 3.63) is 66.2 Å². The van der Waals surface area contributed by atoms with Gasteiger partial charge in [0, 0.05) is 12.6 Å². The monoisotopic (exact) mass is 374 g/mol. The minimum Gasteiger partial charge on any atom is -0.288 e. The number of amides is 1. The summed E-state index contributed by atoms with van der Waals surface area (Å²) >= 11 is 0. The molecule has 26 heavy (non-hydrogen) atoms. The van der Waals surface area contributed by atoms with Gasteiger partial charge in [-0.2, -0.15) is 0 Å². The van der Waals surface area contributed by atoms with E-state index in [0.717, 1.165) is 6.08 Å². The van der Waals surface area contributed by atoms with Crippen LogP contribution in [0.25, 0.3) is 6.08 Å². The van der Waals surface area contributed by atoms with Gasteiger partial charge in [-0.1, -0.05) is 44.2 Å². The molecule has 0 radical (unpaired) electrons. The van der Waals surface area contributed by atoms with Gasteiger partial charge in [0.15, 0.2) is 0 Å². The molecule has 0 heterocycles. The van der Waals surface area contributed by atoms with Gasteiger partial charge in [0.25, 0.3) is 15.9 Å². The fourth-order valence-corrected chi connectivity index (χ4v) is 4.07. The second-order valence-corrected chi connectivity index (χ2v) is 8.01. The number of para-hydroxylation sites is 1. The summed E-state index contributed by atoms with van der Waals surface area (Å²) < 4.78 is 27.8. The van der Waals surface area contributed by atoms with Crippen LogP contribution in [0.5, 0.6) is 0 Å². The van der Waals surface area contributed by atoms with Crippen molar-refractivity contribution in [1.82, 2.24) is 5.48 Å². The van der Waals surface area contributed by atoms with Crippen molar-refractivity contribution >= 4 is 27.7 Å². The first-order chi connectivity index (χ1) is 12.3. The first-order valence-electron chi connectivity index (χ1n) is 8.14. The average Bonchev–Trinajstić information content (AvgIpc) is 2.64. The van der Waals surface area contributed by atoms with Crippen LogP contribution < -0.4 is 9.79 Å². The molecule has 1 amide bonds. The molecule has 138 valence electrons. The molecule has 0 aliphatic carbocycles. The van der Waals surface area contributed by atoms with E-state index in [9.17, 15) is 13.2 Å². The van der Waals surface area contributed by atoms with E-state index in [-0.39, 0.29) is 10.8 Å². The van der Waals surface area contributed by atoms with Gasteiger partial charge in [0.1, 0.15) is 0 Å². The van der Waals surface area contributed by atoms with E-state index in [1.54, 1.807) is 36.4 Å². The van der Waals surface area contributed by atoms with Crippen molar-refractivity contribution in [2.45, 2.75) is 18.7 Å². The van der Waals surface area contributed by atoms with E-state index < -0.39 is 15.9 Å². The van der Waals surface area contributed by atoms with Crippen molar-refractivity contribution in [3.63, 3.8) is 0 Å². The molecule has 2 aromatic carbocycles. The van der Waals surface area contributed by atoms with Crippen molar-refractivity contribution in [2.75, 3.05) is 10.8 Å². The Morgan fingerprint density at radius 3 is 2.46 bits per heavy atom. The van der Waals surface area contributed by atoms with Crippen molar-refractivity contribution in [3.8, 4) is 0 Å². The standard InChI is InChI=1S/C19H22N2O4S/c1-15(2)14-21(17-8-4-3-5-9-17)26(24,25)18-10-6-7-16(13-18)11-12-19(22)20-23/h3-13,15,23H,14H2,1-2H3,(H,20,22)/b12-11+. The molecule has 7 heteroatoms. The number of sulfonamides is 1. The van der Waals surface area contributed by atoms with Crippen LogP contribution in [0.1, 0.15) is 19.4 Å². The van der Waals surface area contributed by atoms with E-state index in [1.807, 2.05) is 19.9 Å².